The van der Waals surface area contributed by atoms with Gasteiger partial charge in [-0.25, -0.2) is 5.10 Å². The van der Waals surface area contributed by atoms with E-state index in [2.05, 4.69) is 20.6 Å². The van der Waals surface area contributed by atoms with E-state index in [0.29, 0.717) is 0 Å². The Morgan fingerprint density at radius 1 is 1.56 bits per heavy atom. The Hall–Kier alpha value is -0.930. The lowest BCUT2D eigenvalue weighted by molar-refractivity contribution is 0.772. The van der Waals surface area contributed by atoms with Gasteiger partial charge >= 0.3 is 0 Å². The number of rotatable bonds is 2. The molecule has 1 aromatic heterocycles. The SMILES string of the molecule is C1CC1Cc1nnn[nH]1. The highest BCUT2D eigenvalue weighted by molar-refractivity contribution is 4.86. The van der Waals surface area contributed by atoms with Crippen LogP contribution in [0.2, 0.25) is 0 Å². The van der Waals surface area contributed by atoms with Crippen LogP contribution in [0.25, 0.3) is 0 Å². The number of tetrazole rings is 1. The standard InChI is InChI=1S/C5H8N4/c1-2-4(1)3-5-6-8-9-7-5/h4H,1-3H2,(H,6,7,8,9). The van der Waals surface area contributed by atoms with Crippen LogP contribution in [0, 0.1) is 5.92 Å². The van der Waals surface area contributed by atoms with Gasteiger partial charge in [0.1, 0.15) is 5.82 Å². The maximum Gasteiger partial charge on any atom is 0.148 e. The normalized spacial score (nSPS) is 18.2. The molecule has 0 bridgehead atoms. The molecular formula is C5H8N4. The topological polar surface area (TPSA) is 54.5 Å². The van der Waals surface area contributed by atoms with Crippen molar-refractivity contribution in [1.29, 1.82) is 0 Å². The van der Waals surface area contributed by atoms with Crippen LogP contribution in [0.5, 0.6) is 0 Å². The van der Waals surface area contributed by atoms with Crippen LogP contribution >= 0.6 is 0 Å². The summed E-state index contributed by atoms with van der Waals surface area (Å²) in [6, 6.07) is 0. The summed E-state index contributed by atoms with van der Waals surface area (Å²) < 4.78 is 0. The molecule has 9 heavy (non-hydrogen) atoms. The molecule has 0 aromatic carbocycles. The summed E-state index contributed by atoms with van der Waals surface area (Å²) in [5.41, 5.74) is 0. The molecule has 2 rings (SSSR count). The average molecular weight is 124 g/mol. The zero-order chi connectivity index (χ0) is 6.10. The van der Waals surface area contributed by atoms with E-state index in [1.54, 1.807) is 0 Å². The highest BCUT2D eigenvalue weighted by Gasteiger charge is 2.22. The van der Waals surface area contributed by atoms with Crippen LogP contribution in [-0.4, -0.2) is 20.6 Å². The second kappa shape index (κ2) is 1.79. The van der Waals surface area contributed by atoms with Crippen LogP contribution in [0.15, 0.2) is 0 Å². The maximum atomic E-state index is 3.78. The Balaban J connectivity index is 1.99. The van der Waals surface area contributed by atoms with Gasteiger partial charge in [0, 0.05) is 6.42 Å². The molecule has 48 valence electrons. The van der Waals surface area contributed by atoms with Crippen molar-refractivity contribution in [2.75, 3.05) is 0 Å². The summed E-state index contributed by atoms with van der Waals surface area (Å²) in [7, 11) is 0. The van der Waals surface area contributed by atoms with Gasteiger partial charge in [0.05, 0.1) is 0 Å². The molecule has 0 atom stereocenters. The van der Waals surface area contributed by atoms with E-state index < -0.39 is 0 Å². The fraction of sp³-hybridized carbons (Fsp3) is 0.800. The Kier molecular flexibility index (Phi) is 0.974. The summed E-state index contributed by atoms with van der Waals surface area (Å²) in [6.45, 7) is 0. The predicted octanol–water partition coefficient (Wildman–Crippen LogP) is 0.152. The molecule has 0 aliphatic heterocycles. The van der Waals surface area contributed by atoms with Crippen molar-refractivity contribution in [2.24, 2.45) is 5.92 Å². The zero-order valence-corrected chi connectivity index (χ0v) is 5.04. The van der Waals surface area contributed by atoms with E-state index in [1.807, 2.05) is 0 Å². The molecule has 1 aliphatic rings. The van der Waals surface area contributed by atoms with Gasteiger partial charge in [-0.3, -0.25) is 0 Å². The Labute approximate surface area is 52.7 Å². The lowest BCUT2D eigenvalue weighted by Gasteiger charge is -1.85. The lowest BCUT2D eigenvalue weighted by Crippen LogP contribution is -1.88. The first-order valence-electron chi connectivity index (χ1n) is 3.18. The highest BCUT2D eigenvalue weighted by Crippen LogP contribution is 2.31. The van der Waals surface area contributed by atoms with Gasteiger partial charge in [-0.1, -0.05) is 0 Å². The van der Waals surface area contributed by atoms with Gasteiger partial charge in [0.2, 0.25) is 0 Å². The molecular weight excluding hydrogens is 116 g/mol. The molecule has 1 fully saturated rings. The highest BCUT2D eigenvalue weighted by atomic mass is 15.5. The van der Waals surface area contributed by atoms with Gasteiger partial charge in [0.25, 0.3) is 0 Å². The monoisotopic (exact) mass is 124 g/mol. The van der Waals surface area contributed by atoms with Crippen LogP contribution in [-0.2, 0) is 6.42 Å². The van der Waals surface area contributed by atoms with Crippen molar-refractivity contribution in [3.63, 3.8) is 0 Å². The van der Waals surface area contributed by atoms with E-state index in [1.165, 1.54) is 12.8 Å². The van der Waals surface area contributed by atoms with Gasteiger partial charge in [-0.2, -0.15) is 0 Å². The summed E-state index contributed by atoms with van der Waals surface area (Å²) >= 11 is 0. The summed E-state index contributed by atoms with van der Waals surface area (Å²) in [6.07, 6.45) is 3.73. The minimum atomic E-state index is 0.861. The zero-order valence-electron chi connectivity index (χ0n) is 5.04. The Morgan fingerprint density at radius 2 is 2.44 bits per heavy atom. The van der Waals surface area contributed by atoms with Crippen molar-refractivity contribution in [2.45, 2.75) is 19.3 Å². The van der Waals surface area contributed by atoms with Crippen molar-refractivity contribution >= 4 is 0 Å². The van der Waals surface area contributed by atoms with Gasteiger partial charge in [-0.15, -0.1) is 5.10 Å². The number of aromatic amines is 1. The predicted molar refractivity (Wildman–Crippen MR) is 30.6 cm³/mol. The smallest absolute Gasteiger partial charge is 0.148 e. The summed E-state index contributed by atoms with van der Waals surface area (Å²) in [5, 5.41) is 13.5. The third-order valence-electron chi connectivity index (χ3n) is 1.57. The van der Waals surface area contributed by atoms with Crippen molar-refractivity contribution < 1.29 is 0 Å². The fourth-order valence-electron chi connectivity index (χ4n) is 0.861. The van der Waals surface area contributed by atoms with E-state index in [0.717, 1.165) is 18.2 Å². The maximum absolute atomic E-state index is 3.78. The van der Waals surface area contributed by atoms with E-state index in [4.69, 9.17) is 0 Å². The minimum Gasteiger partial charge on any atom is -0.243 e. The van der Waals surface area contributed by atoms with Gasteiger partial charge in [0.15, 0.2) is 0 Å². The third-order valence-corrected chi connectivity index (χ3v) is 1.57. The van der Waals surface area contributed by atoms with E-state index in [9.17, 15) is 0 Å². The molecule has 0 saturated heterocycles. The molecule has 1 N–H and O–H groups in total. The van der Waals surface area contributed by atoms with Gasteiger partial charge < -0.3 is 0 Å². The number of hydrogen-bond acceptors (Lipinski definition) is 3. The lowest BCUT2D eigenvalue weighted by atomic mass is 10.3. The van der Waals surface area contributed by atoms with Crippen LogP contribution in [0.1, 0.15) is 18.7 Å². The molecule has 1 heterocycles. The summed E-state index contributed by atoms with van der Waals surface area (Å²) in [4.78, 5) is 0. The second-order valence-corrected chi connectivity index (χ2v) is 2.50. The molecule has 1 aliphatic carbocycles. The fourth-order valence-corrected chi connectivity index (χ4v) is 0.861. The van der Waals surface area contributed by atoms with Crippen molar-refractivity contribution in [3.05, 3.63) is 5.82 Å². The van der Waals surface area contributed by atoms with Crippen LogP contribution in [0.4, 0.5) is 0 Å². The number of nitrogens with zero attached hydrogens (tertiary/aromatic N) is 3. The molecule has 0 spiro atoms. The number of nitrogens with one attached hydrogen (secondary N) is 1. The molecule has 1 saturated carbocycles. The molecule has 0 amide bonds. The molecule has 4 heteroatoms. The Bertz CT molecular complexity index is 177. The Morgan fingerprint density at radius 3 is 3.00 bits per heavy atom. The third kappa shape index (κ3) is 1.06. The van der Waals surface area contributed by atoms with Crippen molar-refractivity contribution in [1.82, 2.24) is 20.6 Å². The summed E-state index contributed by atoms with van der Waals surface area (Å²) in [5.74, 6) is 1.79. The number of H-pyrrole nitrogens is 1. The average Bonchev–Trinajstić information content (AvgIpc) is 2.46. The first kappa shape index (κ1) is 4.90. The van der Waals surface area contributed by atoms with Crippen LogP contribution in [0.3, 0.4) is 0 Å². The van der Waals surface area contributed by atoms with Crippen molar-refractivity contribution in [3.8, 4) is 0 Å². The molecule has 4 nitrogen and oxygen atoms in total. The minimum absolute atomic E-state index is 0.861. The second-order valence-electron chi connectivity index (χ2n) is 2.50. The van der Waals surface area contributed by atoms with Crippen LogP contribution < -0.4 is 0 Å². The quantitative estimate of drug-likeness (QED) is 0.610. The largest absolute Gasteiger partial charge is 0.243 e. The molecule has 1 aromatic rings. The van der Waals surface area contributed by atoms with E-state index in [-0.39, 0.29) is 0 Å². The number of hydrogen-bond donors (Lipinski definition) is 1. The van der Waals surface area contributed by atoms with E-state index >= 15 is 0 Å². The molecule has 0 unspecified atom stereocenters. The first-order valence-corrected chi connectivity index (χ1v) is 3.18. The number of aromatic nitrogens is 4. The molecule has 0 radical (unpaired) electrons. The van der Waals surface area contributed by atoms with Gasteiger partial charge in [-0.05, 0) is 29.2 Å². The first-order chi connectivity index (χ1) is 4.45.